The van der Waals surface area contributed by atoms with Gasteiger partial charge in [0.15, 0.2) is 5.78 Å². The van der Waals surface area contributed by atoms with Crippen molar-refractivity contribution in [2.24, 2.45) is 5.92 Å². The molecule has 16 heavy (non-hydrogen) atoms. The first-order chi connectivity index (χ1) is 7.56. The van der Waals surface area contributed by atoms with Crippen LogP contribution >= 0.6 is 0 Å². The van der Waals surface area contributed by atoms with Crippen LogP contribution < -0.4 is 5.32 Å². The highest BCUT2D eigenvalue weighted by atomic mass is 16.6. The molecule has 0 spiro atoms. The van der Waals surface area contributed by atoms with E-state index in [1.165, 1.54) is 18.2 Å². The maximum Gasteiger partial charge on any atom is 0.270 e. The zero-order valence-electron chi connectivity index (χ0n) is 9.27. The van der Waals surface area contributed by atoms with Crippen molar-refractivity contribution in [3.63, 3.8) is 0 Å². The van der Waals surface area contributed by atoms with E-state index in [0.29, 0.717) is 12.1 Å². The molecule has 0 unspecified atom stereocenters. The Morgan fingerprint density at radius 2 is 2.25 bits per heavy atom. The quantitative estimate of drug-likeness (QED) is 0.467. The summed E-state index contributed by atoms with van der Waals surface area (Å²) < 4.78 is 0. The maximum absolute atomic E-state index is 11.8. The zero-order chi connectivity index (χ0) is 12.1. The van der Waals surface area contributed by atoms with Crippen LogP contribution in [0.3, 0.4) is 0 Å². The number of nitro groups is 1. The Morgan fingerprint density at radius 3 is 2.81 bits per heavy atom. The molecule has 0 aromatic heterocycles. The van der Waals surface area contributed by atoms with Crippen molar-refractivity contribution >= 4 is 11.5 Å². The summed E-state index contributed by atoms with van der Waals surface area (Å²) in [5, 5.41) is 13.5. The van der Waals surface area contributed by atoms with E-state index >= 15 is 0 Å². The third-order valence-corrected chi connectivity index (χ3v) is 2.30. The van der Waals surface area contributed by atoms with Crippen LogP contribution in [0.25, 0.3) is 0 Å². The number of rotatable bonds is 5. The van der Waals surface area contributed by atoms with Gasteiger partial charge in [-0.15, -0.1) is 0 Å². The third-order valence-electron chi connectivity index (χ3n) is 2.30. The Morgan fingerprint density at radius 1 is 1.56 bits per heavy atom. The number of carbonyl (C=O) groups is 1. The fourth-order valence-corrected chi connectivity index (χ4v) is 1.46. The lowest BCUT2D eigenvalue weighted by Crippen LogP contribution is -2.23. The van der Waals surface area contributed by atoms with Crippen molar-refractivity contribution < 1.29 is 9.72 Å². The van der Waals surface area contributed by atoms with Gasteiger partial charge in [0.2, 0.25) is 0 Å². The summed E-state index contributed by atoms with van der Waals surface area (Å²) in [5.74, 6) is -0.273. The number of hydrogen-bond donors (Lipinski definition) is 1. The molecule has 0 radical (unpaired) electrons. The molecule has 0 aliphatic rings. The minimum Gasteiger partial charge on any atom is -0.319 e. The molecular formula is C11H14N2O3. The minimum atomic E-state index is -0.500. The summed E-state index contributed by atoms with van der Waals surface area (Å²) in [6.45, 7) is 2.35. The molecule has 0 amide bonds. The number of carbonyl (C=O) groups excluding carboxylic acids is 1. The van der Waals surface area contributed by atoms with Crippen molar-refractivity contribution in [2.75, 3.05) is 13.6 Å². The summed E-state index contributed by atoms with van der Waals surface area (Å²) in [5.41, 5.74) is 0.333. The molecule has 0 bridgehead atoms. The first-order valence-electron chi connectivity index (χ1n) is 4.99. The lowest BCUT2D eigenvalue weighted by molar-refractivity contribution is -0.384. The van der Waals surface area contributed by atoms with Crippen molar-refractivity contribution in [2.45, 2.75) is 6.92 Å². The van der Waals surface area contributed by atoms with Crippen LogP contribution in [-0.4, -0.2) is 24.3 Å². The van der Waals surface area contributed by atoms with Crippen LogP contribution in [0.4, 0.5) is 5.69 Å². The van der Waals surface area contributed by atoms with Gasteiger partial charge in [-0.3, -0.25) is 14.9 Å². The molecular weight excluding hydrogens is 208 g/mol. The normalized spacial score (nSPS) is 12.1. The minimum absolute atomic E-state index is 0.0532. The lowest BCUT2D eigenvalue weighted by Gasteiger charge is -2.09. The predicted octanol–water partition coefficient (Wildman–Crippen LogP) is 1.63. The molecule has 0 heterocycles. The number of benzene rings is 1. The number of non-ortho nitro benzene ring substituents is 1. The number of ketones is 1. The highest BCUT2D eigenvalue weighted by Gasteiger charge is 2.16. The fourth-order valence-electron chi connectivity index (χ4n) is 1.46. The van der Waals surface area contributed by atoms with Gasteiger partial charge in [-0.25, -0.2) is 0 Å². The van der Waals surface area contributed by atoms with Crippen molar-refractivity contribution in [1.82, 2.24) is 5.32 Å². The highest BCUT2D eigenvalue weighted by Crippen LogP contribution is 2.16. The molecule has 5 nitrogen and oxygen atoms in total. The first kappa shape index (κ1) is 12.3. The largest absolute Gasteiger partial charge is 0.319 e. The molecule has 86 valence electrons. The maximum atomic E-state index is 11.8. The van der Waals surface area contributed by atoms with Gasteiger partial charge < -0.3 is 5.32 Å². The fraction of sp³-hybridized carbons (Fsp3) is 0.364. The van der Waals surface area contributed by atoms with Crippen LogP contribution in [0.5, 0.6) is 0 Å². The summed E-state index contributed by atoms with van der Waals surface area (Å²) in [4.78, 5) is 21.9. The van der Waals surface area contributed by atoms with Gasteiger partial charge >= 0.3 is 0 Å². The number of hydrogen-bond acceptors (Lipinski definition) is 4. The van der Waals surface area contributed by atoms with Gasteiger partial charge in [0.1, 0.15) is 0 Å². The predicted molar refractivity (Wildman–Crippen MR) is 60.5 cm³/mol. The highest BCUT2D eigenvalue weighted by molar-refractivity contribution is 5.98. The van der Waals surface area contributed by atoms with Crippen LogP contribution in [0.15, 0.2) is 24.3 Å². The number of Topliss-reactive ketones (excluding diaryl/α,β-unsaturated/α-hetero) is 1. The second-order valence-corrected chi connectivity index (χ2v) is 3.63. The Bertz CT molecular complexity index is 404. The Balaban J connectivity index is 2.91. The second kappa shape index (κ2) is 5.37. The van der Waals surface area contributed by atoms with Crippen LogP contribution in [-0.2, 0) is 0 Å². The van der Waals surface area contributed by atoms with E-state index < -0.39 is 4.92 Å². The lowest BCUT2D eigenvalue weighted by atomic mass is 9.99. The smallest absolute Gasteiger partial charge is 0.270 e. The molecule has 1 atom stereocenters. The van der Waals surface area contributed by atoms with Gasteiger partial charge in [-0.2, -0.15) is 0 Å². The monoisotopic (exact) mass is 222 g/mol. The van der Waals surface area contributed by atoms with Gasteiger partial charge in [0.05, 0.1) is 4.92 Å². The van der Waals surface area contributed by atoms with Gasteiger partial charge in [0, 0.05) is 30.2 Å². The van der Waals surface area contributed by atoms with Gasteiger partial charge in [-0.1, -0.05) is 19.1 Å². The average Bonchev–Trinajstić information content (AvgIpc) is 2.28. The Labute approximate surface area is 93.6 Å². The van der Waals surface area contributed by atoms with E-state index in [1.54, 1.807) is 20.0 Å². The van der Waals surface area contributed by atoms with E-state index in [9.17, 15) is 14.9 Å². The standard InChI is InChI=1S/C11H14N2O3/c1-8(7-12-2)11(14)9-4-3-5-10(6-9)13(15)16/h3-6,8,12H,7H2,1-2H3/t8-/m0/s1. The second-order valence-electron chi connectivity index (χ2n) is 3.63. The Kier molecular flexibility index (Phi) is 4.13. The molecule has 1 N–H and O–H groups in total. The van der Waals surface area contributed by atoms with Crippen molar-refractivity contribution in [3.8, 4) is 0 Å². The average molecular weight is 222 g/mol. The first-order valence-corrected chi connectivity index (χ1v) is 4.99. The molecule has 1 aromatic carbocycles. The Hall–Kier alpha value is -1.75. The van der Waals surface area contributed by atoms with Crippen LogP contribution in [0.1, 0.15) is 17.3 Å². The van der Waals surface area contributed by atoms with Gasteiger partial charge in [0.25, 0.3) is 5.69 Å². The number of nitrogens with one attached hydrogen (secondary N) is 1. The van der Waals surface area contributed by atoms with Crippen molar-refractivity contribution in [1.29, 1.82) is 0 Å². The molecule has 0 saturated heterocycles. The van der Waals surface area contributed by atoms with E-state index in [1.807, 2.05) is 0 Å². The number of nitrogens with zero attached hydrogens (tertiary/aromatic N) is 1. The molecule has 0 aliphatic heterocycles. The SMILES string of the molecule is CNC[C@H](C)C(=O)c1cccc([N+](=O)[O-])c1. The number of nitro benzene ring substituents is 1. The van der Waals surface area contributed by atoms with Crippen LogP contribution in [0, 0.1) is 16.0 Å². The van der Waals surface area contributed by atoms with Crippen molar-refractivity contribution in [3.05, 3.63) is 39.9 Å². The molecule has 0 aliphatic carbocycles. The summed E-state index contributed by atoms with van der Waals surface area (Å²) in [6, 6.07) is 5.81. The van der Waals surface area contributed by atoms with E-state index in [0.717, 1.165) is 0 Å². The summed E-state index contributed by atoms with van der Waals surface area (Å²) in [6.07, 6.45) is 0. The molecule has 0 saturated carbocycles. The summed E-state index contributed by atoms with van der Waals surface area (Å²) >= 11 is 0. The summed E-state index contributed by atoms with van der Waals surface area (Å²) in [7, 11) is 1.76. The molecule has 5 heteroatoms. The van der Waals surface area contributed by atoms with E-state index in [-0.39, 0.29) is 17.4 Å². The molecule has 1 aromatic rings. The molecule has 1 rings (SSSR count). The zero-order valence-corrected chi connectivity index (χ0v) is 9.27. The molecule has 0 fully saturated rings. The van der Waals surface area contributed by atoms with Gasteiger partial charge in [-0.05, 0) is 7.05 Å². The van der Waals surface area contributed by atoms with Crippen LogP contribution in [0.2, 0.25) is 0 Å². The van der Waals surface area contributed by atoms with E-state index in [2.05, 4.69) is 5.32 Å². The third kappa shape index (κ3) is 2.87. The van der Waals surface area contributed by atoms with E-state index in [4.69, 9.17) is 0 Å². The topological polar surface area (TPSA) is 72.2 Å².